The van der Waals surface area contributed by atoms with Gasteiger partial charge < -0.3 is 0 Å². The lowest BCUT2D eigenvalue weighted by atomic mass is 9.92. The molecule has 0 amide bonds. The molecule has 1 aliphatic carbocycles. The first kappa shape index (κ1) is 17.1. The van der Waals surface area contributed by atoms with Crippen molar-refractivity contribution in [3.63, 3.8) is 0 Å². The third kappa shape index (κ3) is 3.48. The van der Waals surface area contributed by atoms with Crippen LogP contribution in [0.5, 0.6) is 0 Å². The van der Waals surface area contributed by atoms with E-state index >= 15 is 0 Å². The second kappa shape index (κ2) is 6.74. The number of aromatic nitrogens is 1. The summed E-state index contributed by atoms with van der Waals surface area (Å²) in [6, 6.07) is 5.08. The van der Waals surface area contributed by atoms with Crippen molar-refractivity contribution in [2.75, 3.05) is 20.1 Å². The molecule has 0 N–H and O–H groups in total. The molecule has 2 fully saturated rings. The number of benzene rings is 1. The first-order valence-corrected chi connectivity index (χ1v) is 9.69. The first-order chi connectivity index (χ1) is 12.1. The van der Waals surface area contributed by atoms with Crippen LogP contribution in [0.25, 0.3) is 0 Å². The van der Waals surface area contributed by atoms with E-state index in [1.807, 2.05) is 11.6 Å². The fourth-order valence-corrected chi connectivity index (χ4v) is 4.89. The summed E-state index contributed by atoms with van der Waals surface area (Å²) in [6.45, 7) is 3.33. The Kier molecular flexibility index (Phi) is 4.60. The van der Waals surface area contributed by atoms with Crippen molar-refractivity contribution in [1.82, 2.24) is 14.8 Å². The van der Waals surface area contributed by atoms with Gasteiger partial charge in [0.1, 0.15) is 5.01 Å². The third-order valence-corrected chi connectivity index (χ3v) is 6.59. The predicted octanol–water partition coefficient (Wildman–Crippen LogP) is 3.91. The number of thiazole rings is 1. The Hall–Kier alpha value is -1.37. The Bertz CT molecular complexity index is 726. The van der Waals surface area contributed by atoms with Gasteiger partial charge >= 0.3 is 0 Å². The molecule has 25 heavy (non-hydrogen) atoms. The zero-order chi connectivity index (χ0) is 17.4. The highest BCUT2D eigenvalue weighted by Gasteiger charge is 2.56. The number of hydrogen-bond donors (Lipinski definition) is 0. The average Bonchev–Trinajstić information content (AvgIpc) is 3.05. The maximum absolute atomic E-state index is 13.9. The van der Waals surface area contributed by atoms with E-state index < -0.39 is 11.6 Å². The van der Waals surface area contributed by atoms with Gasteiger partial charge in [-0.15, -0.1) is 11.3 Å². The van der Waals surface area contributed by atoms with Gasteiger partial charge in [-0.05, 0) is 50.9 Å². The van der Waals surface area contributed by atoms with Gasteiger partial charge in [0.15, 0.2) is 11.6 Å². The van der Waals surface area contributed by atoms with E-state index in [1.54, 1.807) is 23.5 Å². The number of likely N-dealkylation sites (tertiary alicyclic amines) is 1. The van der Waals surface area contributed by atoms with Gasteiger partial charge in [-0.1, -0.05) is 12.1 Å². The smallest absolute Gasteiger partial charge is 0.163 e. The molecule has 2 aliphatic rings. The Morgan fingerprint density at radius 2 is 2.12 bits per heavy atom. The molecular formula is C19H23F2N3S. The van der Waals surface area contributed by atoms with Gasteiger partial charge in [-0.25, -0.2) is 13.8 Å². The number of rotatable bonds is 5. The van der Waals surface area contributed by atoms with E-state index in [1.165, 1.54) is 17.5 Å². The van der Waals surface area contributed by atoms with Crippen molar-refractivity contribution >= 4 is 11.3 Å². The van der Waals surface area contributed by atoms with Gasteiger partial charge in [-0.2, -0.15) is 0 Å². The number of hydrogen-bond acceptors (Lipinski definition) is 4. The van der Waals surface area contributed by atoms with E-state index in [2.05, 4.69) is 21.8 Å². The summed E-state index contributed by atoms with van der Waals surface area (Å²) in [7, 11) is 2.19. The minimum Gasteiger partial charge on any atom is -0.299 e. The van der Waals surface area contributed by atoms with Crippen molar-refractivity contribution in [3.8, 4) is 0 Å². The van der Waals surface area contributed by atoms with Crippen molar-refractivity contribution in [2.24, 2.45) is 5.41 Å². The van der Waals surface area contributed by atoms with Crippen LogP contribution in [0.15, 0.2) is 29.8 Å². The molecule has 1 aromatic heterocycles. The molecule has 1 aliphatic heterocycles. The summed E-state index contributed by atoms with van der Waals surface area (Å²) in [5, 5.41) is 3.19. The molecule has 1 saturated carbocycles. The molecule has 0 unspecified atom stereocenters. The van der Waals surface area contributed by atoms with E-state index in [4.69, 9.17) is 0 Å². The van der Waals surface area contributed by atoms with Gasteiger partial charge in [-0.3, -0.25) is 9.80 Å². The Morgan fingerprint density at radius 1 is 1.32 bits per heavy atom. The molecule has 6 heteroatoms. The molecule has 0 bridgehead atoms. The van der Waals surface area contributed by atoms with Crippen LogP contribution in [0.3, 0.4) is 0 Å². The predicted molar refractivity (Wildman–Crippen MR) is 95.3 cm³/mol. The summed E-state index contributed by atoms with van der Waals surface area (Å²) in [5.74, 6) is -1.45. The molecular weight excluding hydrogens is 340 g/mol. The summed E-state index contributed by atoms with van der Waals surface area (Å²) < 4.78 is 27.2. The zero-order valence-corrected chi connectivity index (χ0v) is 15.2. The molecule has 0 radical (unpaired) electrons. The normalized spacial score (nSPS) is 22.6. The second-order valence-electron chi connectivity index (χ2n) is 7.41. The molecule has 1 saturated heterocycles. The fourth-order valence-electron chi connectivity index (χ4n) is 4.21. The molecule has 1 spiro atoms. The van der Waals surface area contributed by atoms with Gasteiger partial charge in [0.25, 0.3) is 0 Å². The summed E-state index contributed by atoms with van der Waals surface area (Å²) >= 11 is 1.71. The summed E-state index contributed by atoms with van der Waals surface area (Å²) in [5.41, 5.74) is 0.882. The van der Waals surface area contributed by atoms with Crippen LogP contribution in [0, 0.1) is 17.0 Å². The van der Waals surface area contributed by atoms with Crippen molar-refractivity contribution in [2.45, 2.75) is 38.4 Å². The second-order valence-corrected chi connectivity index (χ2v) is 8.39. The van der Waals surface area contributed by atoms with E-state index in [0.717, 1.165) is 32.5 Å². The van der Waals surface area contributed by atoms with Crippen molar-refractivity contribution in [3.05, 3.63) is 52.0 Å². The van der Waals surface area contributed by atoms with Gasteiger partial charge in [0.2, 0.25) is 0 Å². The fraction of sp³-hybridized carbons (Fsp3) is 0.526. The van der Waals surface area contributed by atoms with Crippen molar-refractivity contribution < 1.29 is 8.78 Å². The largest absolute Gasteiger partial charge is 0.299 e. The standard InChI is InChI=1S/C19H23F2N3S/c1-23(13-17-22-7-10-25-17)16-11-19(16)5-8-24(9-6-19)12-14-3-2-4-15(20)18(14)21/h2-4,7,10,16H,5-6,8-9,11-13H2,1H3/t16-/m1/s1. The summed E-state index contributed by atoms with van der Waals surface area (Å²) in [4.78, 5) is 9.06. The van der Waals surface area contributed by atoms with Crippen LogP contribution in [0.2, 0.25) is 0 Å². The lowest BCUT2D eigenvalue weighted by Crippen LogP contribution is -2.37. The van der Waals surface area contributed by atoms with E-state index in [-0.39, 0.29) is 0 Å². The molecule has 4 rings (SSSR count). The highest BCUT2D eigenvalue weighted by atomic mass is 32.1. The molecule has 2 heterocycles. The van der Waals surface area contributed by atoms with E-state index in [9.17, 15) is 8.78 Å². The van der Waals surface area contributed by atoms with Crippen LogP contribution >= 0.6 is 11.3 Å². The first-order valence-electron chi connectivity index (χ1n) is 8.81. The quantitative estimate of drug-likeness (QED) is 0.803. The highest BCUT2D eigenvalue weighted by Crippen LogP contribution is 2.56. The maximum atomic E-state index is 13.9. The number of halogens is 2. The topological polar surface area (TPSA) is 19.4 Å². The minimum atomic E-state index is -0.753. The average molecular weight is 363 g/mol. The highest BCUT2D eigenvalue weighted by molar-refractivity contribution is 7.09. The van der Waals surface area contributed by atoms with E-state index in [0.29, 0.717) is 23.6 Å². The lowest BCUT2D eigenvalue weighted by molar-refractivity contribution is 0.138. The molecule has 134 valence electrons. The summed E-state index contributed by atoms with van der Waals surface area (Å²) in [6.07, 6.45) is 5.38. The zero-order valence-electron chi connectivity index (χ0n) is 14.4. The molecule has 1 aromatic carbocycles. The maximum Gasteiger partial charge on any atom is 0.163 e. The monoisotopic (exact) mass is 363 g/mol. The minimum absolute atomic E-state index is 0.420. The van der Waals surface area contributed by atoms with Gasteiger partial charge in [0.05, 0.1) is 6.54 Å². The molecule has 2 aromatic rings. The van der Waals surface area contributed by atoms with Gasteiger partial charge in [0, 0.05) is 29.7 Å². The SMILES string of the molecule is CN(Cc1nccs1)[C@@H]1CC12CCN(Cc1cccc(F)c1F)CC2. The lowest BCUT2D eigenvalue weighted by Gasteiger charge is -2.34. The third-order valence-electron chi connectivity index (χ3n) is 5.82. The number of nitrogens with zero attached hydrogens (tertiary/aromatic N) is 3. The Balaban J connectivity index is 1.31. The number of piperidine rings is 1. The van der Waals surface area contributed by atoms with Crippen LogP contribution in [0.4, 0.5) is 8.78 Å². The van der Waals surface area contributed by atoms with Crippen molar-refractivity contribution in [1.29, 1.82) is 0 Å². The Labute approximate surface area is 151 Å². The Morgan fingerprint density at radius 3 is 2.84 bits per heavy atom. The molecule has 3 nitrogen and oxygen atoms in total. The van der Waals surface area contributed by atoms with Crippen LogP contribution in [-0.4, -0.2) is 41.0 Å². The molecule has 1 atom stereocenters. The van der Waals surface area contributed by atoms with Crippen LogP contribution < -0.4 is 0 Å². The van der Waals surface area contributed by atoms with Crippen LogP contribution in [0.1, 0.15) is 29.8 Å². The van der Waals surface area contributed by atoms with Crippen LogP contribution in [-0.2, 0) is 13.1 Å².